The Bertz CT molecular complexity index is 391. The maximum Gasteiger partial charge on any atom is 0.0406 e. The highest BCUT2D eigenvalue weighted by molar-refractivity contribution is 6.30. The van der Waals surface area contributed by atoms with E-state index in [1.54, 1.807) is 0 Å². The lowest BCUT2D eigenvalue weighted by Gasteiger charge is -2.27. The summed E-state index contributed by atoms with van der Waals surface area (Å²) in [5, 5.41) is 4.52. The van der Waals surface area contributed by atoms with Gasteiger partial charge >= 0.3 is 0 Å². The first-order valence-corrected chi connectivity index (χ1v) is 9.01. The largest absolute Gasteiger partial charge is 0.316 e. The maximum atomic E-state index is 6.06. The van der Waals surface area contributed by atoms with E-state index in [4.69, 9.17) is 11.6 Å². The van der Waals surface area contributed by atoms with Gasteiger partial charge in [-0.25, -0.2) is 0 Å². The van der Waals surface area contributed by atoms with E-state index in [1.165, 1.54) is 44.1 Å². The summed E-state index contributed by atoms with van der Waals surface area (Å²) < 4.78 is 0. The summed E-state index contributed by atoms with van der Waals surface area (Å²) in [7, 11) is 0. The Morgan fingerprint density at radius 3 is 2.19 bits per heavy atom. The smallest absolute Gasteiger partial charge is 0.0406 e. The molecule has 1 aromatic rings. The van der Waals surface area contributed by atoms with Gasteiger partial charge in [0.05, 0.1) is 0 Å². The standard InChI is InChI=1S/C19H30ClN/c1-15(2)13-21-14-19(16-7-5-3-4-6-8-16)17-9-11-18(20)12-10-17/h9-12,15-16,19,21H,3-8,13-14H2,1-2H3. The van der Waals surface area contributed by atoms with E-state index in [-0.39, 0.29) is 0 Å². The first-order chi connectivity index (χ1) is 10.2. The molecule has 0 bridgehead atoms. The summed E-state index contributed by atoms with van der Waals surface area (Å²) in [4.78, 5) is 0. The molecule has 1 nitrogen and oxygen atoms in total. The number of halogens is 1. The normalized spacial score (nSPS) is 18.7. The van der Waals surface area contributed by atoms with E-state index in [2.05, 4.69) is 31.3 Å². The second-order valence-electron chi connectivity index (χ2n) is 6.96. The summed E-state index contributed by atoms with van der Waals surface area (Å²) in [5.74, 6) is 2.18. The third kappa shape index (κ3) is 5.64. The molecule has 0 saturated heterocycles. The molecule has 1 aliphatic rings. The van der Waals surface area contributed by atoms with Crippen LogP contribution < -0.4 is 5.32 Å². The van der Waals surface area contributed by atoms with E-state index in [0.717, 1.165) is 24.0 Å². The van der Waals surface area contributed by atoms with Crippen LogP contribution >= 0.6 is 11.6 Å². The molecule has 1 unspecified atom stereocenters. The third-order valence-corrected chi connectivity index (χ3v) is 4.94. The zero-order chi connectivity index (χ0) is 15.1. The molecule has 2 rings (SSSR count). The van der Waals surface area contributed by atoms with Crippen molar-refractivity contribution in [1.29, 1.82) is 0 Å². The molecular formula is C19H30ClN. The first kappa shape index (κ1) is 16.8. The topological polar surface area (TPSA) is 12.0 Å². The van der Waals surface area contributed by atoms with Gasteiger partial charge in [0.15, 0.2) is 0 Å². The van der Waals surface area contributed by atoms with E-state index in [9.17, 15) is 0 Å². The van der Waals surface area contributed by atoms with Gasteiger partial charge in [-0.15, -0.1) is 0 Å². The number of nitrogens with one attached hydrogen (secondary N) is 1. The van der Waals surface area contributed by atoms with Crippen LogP contribution in [0.5, 0.6) is 0 Å². The molecule has 118 valence electrons. The lowest BCUT2D eigenvalue weighted by atomic mass is 9.81. The van der Waals surface area contributed by atoms with Crippen LogP contribution in [0.2, 0.25) is 5.02 Å². The van der Waals surface area contributed by atoms with Crippen molar-refractivity contribution in [3.8, 4) is 0 Å². The molecule has 1 aliphatic carbocycles. The Labute approximate surface area is 135 Å². The molecule has 0 amide bonds. The molecule has 0 spiro atoms. The van der Waals surface area contributed by atoms with Crippen molar-refractivity contribution < 1.29 is 0 Å². The molecule has 0 aromatic heterocycles. The minimum Gasteiger partial charge on any atom is -0.316 e. The Balaban J connectivity index is 2.06. The molecule has 0 aliphatic heterocycles. The lowest BCUT2D eigenvalue weighted by molar-refractivity contribution is 0.355. The second kappa shape index (κ2) is 8.80. The van der Waals surface area contributed by atoms with Gasteiger partial charge < -0.3 is 5.32 Å². The van der Waals surface area contributed by atoms with Gasteiger partial charge in [0.1, 0.15) is 0 Å². The van der Waals surface area contributed by atoms with Crippen LogP contribution in [0.1, 0.15) is 63.9 Å². The van der Waals surface area contributed by atoms with E-state index < -0.39 is 0 Å². The molecule has 1 fully saturated rings. The summed E-state index contributed by atoms with van der Waals surface area (Å²) in [6.07, 6.45) is 8.41. The number of hydrogen-bond acceptors (Lipinski definition) is 1. The highest BCUT2D eigenvalue weighted by Crippen LogP contribution is 2.35. The number of benzene rings is 1. The molecule has 1 aromatic carbocycles. The summed E-state index contributed by atoms with van der Waals surface area (Å²) in [6, 6.07) is 8.55. The lowest BCUT2D eigenvalue weighted by Crippen LogP contribution is -2.29. The van der Waals surface area contributed by atoms with Gasteiger partial charge in [0.25, 0.3) is 0 Å². The molecule has 2 heteroatoms. The van der Waals surface area contributed by atoms with Crippen molar-refractivity contribution in [2.75, 3.05) is 13.1 Å². The van der Waals surface area contributed by atoms with Crippen LogP contribution in [0.15, 0.2) is 24.3 Å². The highest BCUT2D eigenvalue weighted by Gasteiger charge is 2.24. The summed E-state index contributed by atoms with van der Waals surface area (Å²) in [5.41, 5.74) is 1.46. The molecule has 1 saturated carbocycles. The molecular weight excluding hydrogens is 278 g/mol. The molecule has 0 heterocycles. The second-order valence-corrected chi connectivity index (χ2v) is 7.40. The number of hydrogen-bond donors (Lipinski definition) is 1. The van der Waals surface area contributed by atoms with Gasteiger partial charge in [0.2, 0.25) is 0 Å². The predicted octanol–water partition coefficient (Wildman–Crippen LogP) is 5.64. The summed E-state index contributed by atoms with van der Waals surface area (Å²) in [6.45, 7) is 6.76. The molecule has 0 radical (unpaired) electrons. The molecule has 21 heavy (non-hydrogen) atoms. The van der Waals surface area contributed by atoms with Gasteiger partial charge in [-0.3, -0.25) is 0 Å². The fourth-order valence-corrected chi connectivity index (χ4v) is 3.63. The first-order valence-electron chi connectivity index (χ1n) is 8.63. The minimum atomic E-state index is 0.638. The van der Waals surface area contributed by atoms with E-state index in [0.29, 0.717) is 11.8 Å². The highest BCUT2D eigenvalue weighted by atomic mass is 35.5. The fraction of sp³-hybridized carbons (Fsp3) is 0.684. The van der Waals surface area contributed by atoms with Crippen LogP contribution in [-0.4, -0.2) is 13.1 Å². The average Bonchev–Trinajstić information content (AvgIpc) is 2.73. The Morgan fingerprint density at radius 1 is 1.00 bits per heavy atom. The SMILES string of the molecule is CC(C)CNCC(c1ccc(Cl)cc1)C1CCCCCC1. The Hall–Kier alpha value is -0.530. The minimum absolute atomic E-state index is 0.638. The van der Waals surface area contributed by atoms with Crippen molar-refractivity contribution in [2.45, 2.75) is 58.3 Å². The van der Waals surface area contributed by atoms with Crippen LogP contribution in [0.25, 0.3) is 0 Å². The molecule has 1 N–H and O–H groups in total. The van der Waals surface area contributed by atoms with Crippen LogP contribution in [0, 0.1) is 11.8 Å². The van der Waals surface area contributed by atoms with Crippen molar-refractivity contribution >= 4 is 11.6 Å². The van der Waals surface area contributed by atoms with Crippen LogP contribution in [-0.2, 0) is 0 Å². The van der Waals surface area contributed by atoms with Crippen LogP contribution in [0.3, 0.4) is 0 Å². The van der Waals surface area contributed by atoms with E-state index >= 15 is 0 Å². The van der Waals surface area contributed by atoms with Crippen molar-refractivity contribution in [1.82, 2.24) is 5.32 Å². The van der Waals surface area contributed by atoms with Gasteiger partial charge in [0, 0.05) is 11.6 Å². The predicted molar refractivity (Wildman–Crippen MR) is 93.1 cm³/mol. The summed E-state index contributed by atoms with van der Waals surface area (Å²) >= 11 is 6.06. The van der Waals surface area contributed by atoms with Crippen LogP contribution in [0.4, 0.5) is 0 Å². The monoisotopic (exact) mass is 307 g/mol. The van der Waals surface area contributed by atoms with Gasteiger partial charge in [-0.1, -0.05) is 63.3 Å². The maximum absolute atomic E-state index is 6.06. The zero-order valence-corrected chi connectivity index (χ0v) is 14.3. The Kier molecular flexibility index (Phi) is 7.06. The van der Waals surface area contributed by atoms with Crippen molar-refractivity contribution in [2.24, 2.45) is 11.8 Å². The average molecular weight is 308 g/mol. The fourth-order valence-electron chi connectivity index (χ4n) is 3.51. The van der Waals surface area contributed by atoms with Crippen molar-refractivity contribution in [3.05, 3.63) is 34.9 Å². The Morgan fingerprint density at radius 2 is 1.62 bits per heavy atom. The van der Waals surface area contributed by atoms with Gasteiger partial charge in [-0.2, -0.15) is 0 Å². The van der Waals surface area contributed by atoms with Gasteiger partial charge in [-0.05, 0) is 54.8 Å². The zero-order valence-electron chi connectivity index (χ0n) is 13.6. The third-order valence-electron chi connectivity index (χ3n) is 4.68. The quantitative estimate of drug-likeness (QED) is 0.671. The van der Waals surface area contributed by atoms with Crippen molar-refractivity contribution in [3.63, 3.8) is 0 Å². The number of rotatable bonds is 6. The van der Waals surface area contributed by atoms with E-state index in [1.807, 2.05) is 12.1 Å². The molecule has 1 atom stereocenters.